The highest BCUT2D eigenvalue weighted by molar-refractivity contribution is 7.18. The molecule has 5 rings (SSSR count). The zero-order valence-electron chi connectivity index (χ0n) is 17.1. The van der Waals surface area contributed by atoms with Crippen molar-refractivity contribution in [2.75, 3.05) is 20.2 Å². The van der Waals surface area contributed by atoms with Crippen LogP contribution in [0.4, 0.5) is 0 Å². The van der Waals surface area contributed by atoms with Gasteiger partial charge in [-0.05, 0) is 35.9 Å². The number of carbonyl (C=O) groups is 1. The average Bonchev–Trinajstić information content (AvgIpc) is 3.45. The number of nitrogens with zero attached hydrogens (tertiary/aromatic N) is 3. The van der Waals surface area contributed by atoms with Gasteiger partial charge in [-0.15, -0.1) is 11.3 Å². The molecule has 0 saturated heterocycles. The summed E-state index contributed by atoms with van der Waals surface area (Å²) in [6.07, 6.45) is 5.48. The number of aldehydes is 1. The van der Waals surface area contributed by atoms with E-state index in [1.54, 1.807) is 24.8 Å². The third kappa shape index (κ3) is 3.89. The number of carbonyl (C=O) groups excluding carboxylic acids is 1. The van der Waals surface area contributed by atoms with Crippen LogP contribution in [0.25, 0.3) is 16.3 Å². The lowest BCUT2D eigenvalue weighted by atomic mass is 10.0. The maximum absolute atomic E-state index is 12.0. The van der Waals surface area contributed by atoms with Crippen LogP contribution in [0.5, 0.6) is 5.75 Å². The van der Waals surface area contributed by atoms with E-state index in [9.17, 15) is 4.79 Å². The number of H-pyrrole nitrogens is 1. The van der Waals surface area contributed by atoms with Gasteiger partial charge in [-0.3, -0.25) is 9.69 Å². The first kappa shape index (κ1) is 19.7. The van der Waals surface area contributed by atoms with Crippen LogP contribution in [0.15, 0.2) is 60.4 Å². The Morgan fingerprint density at radius 2 is 2.19 bits per heavy atom. The molecule has 7 heteroatoms. The number of ether oxygens (including phenoxy) is 1. The summed E-state index contributed by atoms with van der Waals surface area (Å²) in [5.74, 6) is 0.769. The number of thiazole rings is 1. The van der Waals surface area contributed by atoms with Gasteiger partial charge in [0, 0.05) is 30.8 Å². The van der Waals surface area contributed by atoms with Crippen molar-refractivity contribution in [2.24, 2.45) is 0 Å². The van der Waals surface area contributed by atoms with Crippen LogP contribution in [-0.4, -0.2) is 46.3 Å². The molecule has 4 aromatic rings. The zero-order valence-corrected chi connectivity index (χ0v) is 17.9. The summed E-state index contributed by atoms with van der Waals surface area (Å²) in [6.45, 7) is 1.34. The number of aromatic amines is 1. The number of nitrogens with one attached hydrogen (secondary N) is 1. The summed E-state index contributed by atoms with van der Waals surface area (Å²) in [5, 5.41) is 1.00. The van der Waals surface area contributed by atoms with Gasteiger partial charge in [0.05, 0.1) is 29.3 Å². The second-order valence-corrected chi connectivity index (χ2v) is 8.59. The van der Waals surface area contributed by atoms with Crippen molar-refractivity contribution in [1.82, 2.24) is 19.9 Å². The van der Waals surface area contributed by atoms with Crippen molar-refractivity contribution in [3.8, 4) is 5.75 Å². The molecule has 1 aliphatic rings. The molecule has 0 bridgehead atoms. The molecule has 2 aromatic heterocycles. The number of methoxy groups -OCH3 is 1. The van der Waals surface area contributed by atoms with E-state index in [1.165, 1.54) is 0 Å². The number of hydrogen-bond donors (Lipinski definition) is 1. The molecular weight excluding hydrogens is 408 g/mol. The number of fused-ring (bicyclic) bond motifs is 2. The molecule has 6 nitrogen and oxygen atoms in total. The molecular formula is C24H22N4O2S. The van der Waals surface area contributed by atoms with E-state index in [0.29, 0.717) is 12.1 Å². The van der Waals surface area contributed by atoms with Crippen LogP contribution in [0, 0.1) is 0 Å². The van der Waals surface area contributed by atoms with Crippen LogP contribution in [0.1, 0.15) is 28.0 Å². The summed E-state index contributed by atoms with van der Waals surface area (Å²) in [6, 6.07) is 15.8. The summed E-state index contributed by atoms with van der Waals surface area (Å²) >= 11 is 1.69. The Hall–Kier alpha value is -3.29. The van der Waals surface area contributed by atoms with Crippen molar-refractivity contribution in [3.63, 3.8) is 0 Å². The largest absolute Gasteiger partial charge is 0.497 e. The maximum Gasteiger partial charge on any atom is 0.147 e. The molecule has 0 aliphatic carbocycles. The third-order valence-electron chi connectivity index (χ3n) is 5.55. The van der Waals surface area contributed by atoms with Crippen molar-refractivity contribution < 1.29 is 9.53 Å². The monoisotopic (exact) mass is 430 g/mol. The Balaban J connectivity index is 1.50. The van der Waals surface area contributed by atoms with E-state index >= 15 is 0 Å². The Labute approximate surface area is 184 Å². The second-order valence-electron chi connectivity index (χ2n) is 7.52. The number of imidazole rings is 1. The SMILES string of the molecule is COc1cccc(/C=C(\C=O)CN2CCc3[nH]cnc3[C@H]2c2nc3ccccc3s2)c1. The van der Waals surface area contributed by atoms with E-state index in [1.807, 2.05) is 48.5 Å². The van der Waals surface area contributed by atoms with Gasteiger partial charge in [-0.25, -0.2) is 9.97 Å². The topological polar surface area (TPSA) is 71.1 Å². The van der Waals surface area contributed by atoms with Crippen molar-refractivity contribution in [3.05, 3.63) is 82.4 Å². The average molecular weight is 431 g/mol. The first-order chi connectivity index (χ1) is 15.2. The quantitative estimate of drug-likeness (QED) is 0.366. The fourth-order valence-corrected chi connectivity index (χ4v) is 5.18. The van der Waals surface area contributed by atoms with Gasteiger partial charge in [-0.1, -0.05) is 24.3 Å². The van der Waals surface area contributed by atoms with Gasteiger partial charge in [-0.2, -0.15) is 0 Å². The first-order valence-electron chi connectivity index (χ1n) is 10.2. The van der Waals surface area contributed by atoms with Crippen molar-refractivity contribution in [2.45, 2.75) is 12.5 Å². The lowest BCUT2D eigenvalue weighted by Gasteiger charge is -2.33. The lowest BCUT2D eigenvalue weighted by molar-refractivity contribution is -0.105. The fraction of sp³-hybridized carbons (Fsp3) is 0.208. The molecule has 31 heavy (non-hydrogen) atoms. The summed E-state index contributed by atoms with van der Waals surface area (Å²) in [5.41, 5.74) is 4.78. The summed E-state index contributed by atoms with van der Waals surface area (Å²) in [4.78, 5) is 27.0. The van der Waals surface area contributed by atoms with Gasteiger partial charge in [0.2, 0.25) is 0 Å². The smallest absolute Gasteiger partial charge is 0.147 e. The van der Waals surface area contributed by atoms with Crippen LogP contribution < -0.4 is 4.74 Å². The highest BCUT2D eigenvalue weighted by Gasteiger charge is 2.33. The maximum atomic E-state index is 12.0. The molecule has 0 saturated carbocycles. The summed E-state index contributed by atoms with van der Waals surface area (Å²) < 4.78 is 6.46. The van der Waals surface area contributed by atoms with E-state index in [2.05, 4.69) is 20.9 Å². The Bertz CT molecular complexity index is 1230. The number of rotatable bonds is 6. The molecule has 0 spiro atoms. The molecule has 2 aromatic carbocycles. The molecule has 156 valence electrons. The minimum absolute atomic E-state index is 0.0824. The van der Waals surface area contributed by atoms with Crippen molar-refractivity contribution in [1.29, 1.82) is 0 Å². The highest BCUT2D eigenvalue weighted by atomic mass is 32.1. The molecule has 0 fully saturated rings. The number of para-hydroxylation sites is 1. The summed E-state index contributed by atoms with van der Waals surface area (Å²) in [7, 11) is 1.64. The van der Waals surface area contributed by atoms with Gasteiger partial charge in [0.25, 0.3) is 0 Å². The van der Waals surface area contributed by atoms with Crippen LogP contribution >= 0.6 is 11.3 Å². The molecule has 0 radical (unpaired) electrons. The van der Waals surface area contributed by atoms with Gasteiger partial charge < -0.3 is 9.72 Å². The van der Waals surface area contributed by atoms with E-state index in [-0.39, 0.29) is 6.04 Å². The Morgan fingerprint density at radius 1 is 1.29 bits per heavy atom. The van der Waals surface area contributed by atoms with E-state index in [4.69, 9.17) is 9.72 Å². The molecule has 1 aliphatic heterocycles. The predicted octanol–water partition coefficient (Wildman–Crippen LogP) is 4.26. The predicted molar refractivity (Wildman–Crippen MR) is 122 cm³/mol. The van der Waals surface area contributed by atoms with Crippen LogP contribution in [0.2, 0.25) is 0 Å². The Morgan fingerprint density at radius 3 is 3.03 bits per heavy atom. The third-order valence-corrected chi connectivity index (χ3v) is 6.64. The van der Waals surface area contributed by atoms with Gasteiger partial charge >= 0.3 is 0 Å². The first-order valence-corrected chi connectivity index (χ1v) is 11.0. The van der Waals surface area contributed by atoms with Gasteiger partial charge in [0.1, 0.15) is 23.1 Å². The Kier molecular flexibility index (Phi) is 5.36. The normalized spacial score (nSPS) is 16.9. The van der Waals surface area contributed by atoms with E-state index in [0.717, 1.165) is 57.2 Å². The molecule has 0 amide bonds. The van der Waals surface area contributed by atoms with Gasteiger partial charge in [0.15, 0.2) is 0 Å². The zero-order chi connectivity index (χ0) is 21.2. The van der Waals surface area contributed by atoms with E-state index < -0.39 is 0 Å². The lowest BCUT2D eigenvalue weighted by Crippen LogP contribution is -2.37. The molecule has 1 N–H and O–H groups in total. The minimum atomic E-state index is -0.0824. The van der Waals surface area contributed by atoms with Crippen LogP contribution in [-0.2, 0) is 11.2 Å². The number of aromatic nitrogens is 3. The molecule has 3 heterocycles. The molecule has 0 unspecified atom stereocenters. The minimum Gasteiger partial charge on any atom is -0.497 e. The highest BCUT2D eigenvalue weighted by Crippen LogP contribution is 2.37. The number of benzene rings is 2. The fourth-order valence-electron chi connectivity index (χ4n) is 4.07. The second kappa shape index (κ2) is 8.45. The van der Waals surface area contributed by atoms with Crippen LogP contribution in [0.3, 0.4) is 0 Å². The number of hydrogen-bond acceptors (Lipinski definition) is 6. The standard InChI is InChI=1S/C24H22N4O2S/c1-30-18-6-4-5-16(12-18)11-17(14-29)13-28-10-9-20-22(26-15-25-20)23(28)24-27-19-7-2-3-8-21(19)31-24/h2-8,11-12,14-15,23H,9-10,13H2,1H3,(H,25,26)/b17-11-/t23-/m0/s1. The molecule has 1 atom stereocenters. The van der Waals surface area contributed by atoms with Crippen molar-refractivity contribution >= 4 is 33.9 Å².